The summed E-state index contributed by atoms with van der Waals surface area (Å²) in [6, 6.07) is 18.6. The van der Waals surface area contributed by atoms with Crippen molar-refractivity contribution < 1.29 is 14.3 Å². The van der Waals surface area contributed by atoms with Crippen molar-refractivity contribution in [2.45, 2.75) is 17.9 Å². The molecular formula is C17H17NO3S. The van der Waals surface area contributed by atoms with Crippen LogP contribution < -0.4 is 5.32 Å². The van der Waals surface area contributed by atoms with Crippen LogP contribution in [0, 0.1) is 0 Å². The first-order valence-corrected chi connectivity index (χ1v) is 7.87. The van der Waals surface area contributed by atoms with Crippen LogP contribution in [0.3, 0.4) is 0 Å². The van der Waals surface area contributed by atoms with Gasteiger partial charge in [-0.15, -0.1) is 11.8 Å². The Morgan fingerprint density at radius 1 is 1.05 bits per heavy atom. The Balaban J connectivity index is 1.77. The van der Waals surface area contributed by atoms with Gasteiger partial charge in [0.1, 0.15) is 0 Å². The number of benzene rings is 2. The normalized spacial score (nSPS) is 11.5. The summed E-state index contributed by atoms with van der Waals surface area (Å²) >= 11 is 1.38. The predicted molar refractivity (Wildman–Crippen MR) is 87.8 cm³/mol. The minimum absolute atomic E-state index is 0.174. The number of carbonyl (C=O) groups is 2. The molecule has 1 amide bonds. The first-order chi connectivity index (χ1) is 10.6. The van der Waals surface area contributed by atoms with Crippen molar-refractivity contribution in [2.24, 2.45) is 0 Å². The van der Waals surface area contributed by atoms with E-state index >= 15 is 0 Å². The molecule has 22 heavy (non-hydrogen) atoms. The van der Waals surface area contributed by atoms with E-state index in [0.29, 0.717) is 5.69 Å². The number of nitrogens with one attached hydrogen (secondary N) is 1. The summed E-state index contributed by atoms with van der Waals surface area (Å²) in [4.78, 5) is 24.7. The number of para-hydroxylation sites is 1. The lowest BCUT2D eigenvalue weighted by molar-refractivity contribution is -0.150. The van der Waals surface area contributed by atoms with Gasteiger partial charge in [0.15, 0.2) is 6.10 Å². The molecule has 0 heterocycles. The van der Waals surface area contributed by atoms with Gasteiger partial charge in [0.25, 0.3) is 5.91 Å². The van der Waals surface area contributed by atoms with Crippen molar-refractivity contribution >= 4 is 29.3 Å². The van der Waals surface area contributed by atoms with Gasteiger partial charge in [-0.2, -0.15) is 0 Å². The maximum absolute atomic E-state index is 11.9. The number of thioether (sulfide) groups is 1. The molecule has 5 heteroatoms. The van der Waals surface area contributed by atoms with Gasteiger partial charge in [-0.1, -0.05) is 36.4 Å². The zero-order chi connectivity index (χ0) is 15.8. The summed E-state index contributed by atoms with van der Waals surface area (Å²) in [5, 5.41) is 2.70. The summed E-state index contributed by atoms with van der Waals surface area (Å²) in [7, 11) is 0. The highest BCUT2D eigenvalue weighted by molar-refractivity contribution is 8.00. The van der Waals surface area contributed by atoms with Crippen LogP contribution >= 0.6 is 11.8 Å². The van der Waals surface area contributed by atoms with Crippen molar-refractivity contribution in [1.29, 1.82) is 0 Å². The molecule has 0 aromatic heterocycles. The van der Waals surface area contributed by atoms with Gasteiger partial charge in [0.2, 0.25) is 0 Å². The second kappa shape index (κ2) is 8.24. The Kier molecular flexibility index (Phi) is 6.03. The van der Waals surface area contributed by atoms with Gasteiger partial charge >= 0.3 is 5.97 Å². The Hall–Kier alpha value is -2.27. The molecule has 114 valence electrons. The number of anilines is 1. The molecule has 0 saturated heterocycles. The summed E-state index contributed by atoms with van der Waals surface area (Å²) < 4.78 is 5.13. The minimum Gasteiger partial charge on any atom is -0.452 e. The van der Waals surface area contributed by atoms with E-state index in [-0.39, 0.29) is 11.7 Å². The number of hydrogen-bond acceptors (Lipinski definition) is 4. The second-order valence-corrected chi connectivity index (χ2v) is 5.64. The van der Waals surface area contributed by atoms with Crippen LogP contribution in [0.15, 0.2) is 65.6 Å². The lowest BCUT2D eigenvalue weighted by atomic mass is 10.3. The highest BCUT2D eigenvalue weighted by atomic mass is 32.2. The van der Waals surface area contributed by atoms with Crippen LogP contribution in [0.2, 0.25) is 0 Å². The molecule has 0 aliphatic heterocycles. The van der Waals surface area contributed by atoms with E-state index in [1.165, 1.54) is 11.8 Å². The number of hydrogen-bond donors (Lipinski definition) is 1. The number of carbonyl (C=O) groups excluding carboxylic acids is 2. The average Bonchev–Trinajstić information content (AvgIpc) is 2.55. The lowest BCUT2D eigenvalue weighted by Gasteiger charge is -2.13. The molecule has 1 atom stereocenters. The van der Waals surface area contributed by atoms with Crippen LogP contribution in [0.1, 0.15) is 6.92 Å². The van der Waals surface area contributed by atoms with Crippen molar-refractivity contribution in [3.05, 3.63) is 60.7 Å². The van der Waals surface area contributed by atoms with Crippen molar-refractivity contribution in [3.63, 3.8) is 0 Å². The van der Waals surface area contributed by atoms with Gasteiger partial charge < -0.3 is 10.1 Å². The van der Waals surface area contributed by atoms with E-state index in [0.717, 1.165) is 4.90 Å². The zero-order valence-corrected chi connectivity index (χ0v) is 13.0. The van der Waals surface area contributed by atoms with Gasteiger partial charge in [-0.05, 0) is 31.2 Å². The van der Waals surface area contributed by atoms with E-state index in [4.69, 9.17) is 4.74 Å². The van der Waals surface area contributed by atoms with Gasteiger partial charge in [-0.3, -0.25) is 9.59 Å². The first kappa shape index (κ1) is 16.1. The zero-order valence-electron chi connectivity index (χ0n) is 12.2. The van der Waals surface area contributed by atoms with Crippen molar-refractivity contribution in [3.8, 4) is 0 Å². The highest BCUT2D eigenvalue weighted by Gasteiger charge is 2.17. The maximum atomic E-state index is 11.9. The Bertz CT molecular complexity index is 616. The Morgan fingerprint density at radius 2 is 1.64 bits per heavy atom. The molecule has 0 unspecified atom stereocenters. The number of amides is 1. The fraction of sp³-hybridized carbons (Fsp3) is 0.176. The third kappa shape index (κ3) is 5.26. The smallest absolute Gasteiger partial charge is 0.317 e. The molecule has 0 bridgehead atoms. The van der Waals surface area contributed by atoms with Crippen LogP contribution in [0.25, 0.3) is 0 Å². The fourth-order valence-corrected chi connectivity index (χ4v) is 2.41. The van der Waals surface area contributed by atoms with Crippen molar-refractivity contribution in [1.82, 2.24) is 0 Å². The maximum Gasteiger partial charge on any atom is 0.317 e. The van der Waals surface area contributed by atoms with E-state index in [1.54, 1.807) is 19.1 Å². The van der Waals surface area contributed by atoms with Gasteiger partial charge in [-0.25, -0.2) is 0 Å². The minimum atomic E-state index is -0.830. The molecular weight excluding hydrogens is 298 g/mol. The summed E-state index contributed by atoms with van der Waals surface area (Å²) in [6.07, 6.45) is -0.830. The number of esters is 1. The van der Waals surface area contributed by atoms with Crippen LogP contribution in [0.5, 0.6) is 0 Å². The van der Waals surface area contributed by atoms with E-state index in [2.05, 4.69) is 5.32 Å². The fourth-order valence-electron chi connectivity index (χ4n) is 1.71. The van der Waals surface area contributed by atoms with E-state index in [9.17, 15) is 9.59 Å². The average molecular weight is 315 g/mol. The molecule has 4 nitrogen and oxygen atoms in total. The third-order valence-corrected chi connectivity index (χ3v) is 3.80. The molecule has 0 aliphatic carbocycles. The van der Waals surface area contributed by atoms with Gasteiger partial charge in [0, 0.05) is 10.6 Å². The molecule has 0 saturated carbocycles. The predicted octanol–water partition coefficient (Wildman–Crippen LogP) is 3.35. The Labute approximate surface area is 133 Å². The lowest BCUT2D eigenvalue weighted by Crippen LogP contribution is -2.30. The summed E-state index contributed by atoms with van der Waals surface area (Å²) in [5.74, 6) is -0.582. The third-order valence-electron chi connectivity index (χ3n) is 2.82. The van der Waals surface area contributed by atoms with E-state index < -0.39 is 12.1 Å². The highest BCUT2D eigenvalue weighted by Crippen LogP contribution is 2.17. The standard InChI is InChI=1S/C17H17NO3S/c1-13(17(20)18-14-8-4-2-5-9-14)21-16(19)12-22-15-10-6-3-7-11-15/h2-11,13H,12H2,1H3,(H,18,20)/t13-/m1/s1. The van der Waals surface area contributed by atoms with Gasteiger partial charge in [0.05, 0.1) is 5.75 Å². The molecule has 2 aromatic carbocycles. The molecule has 2 aromatic rings. The molecule has 0 radical (unpaired) electrons. The van der Waals surface area contributed by atoms with E-state index in [1.807, 2.05) is 48.5 Å². The number of ether oxygens (including phenoxy) is 1. The molecule has 2 rings (SSSR count). The first-order valence-electron chi connectivity index (χ1n) is 6.88. The molecule has 1 N–H and O–H groups in total. The molecule has 0 fully saturated rings. The Morgan fingerprint density at radius 3 is 2.27 bits per heavy atom. The van der Waals surface area contributed by atoms with Crippen LogP contribution in [-0.2, 0) is 14.3 Å². The monoisotopic (exact) mass is 315 g/mol. The molecule has 0 aliphatic rings. The summed E-state index contributed by atoms with van der Waals surface area (Å²) in [6.45, 7) is 1.56. The van der Waals surface area contributed by atoms with Crippen LogP contribution in [0.4, 0.5) is 5.69 Å². The molecule has 0 spiro atoms. The van der Waals surface area contributed by atoms with Crippen LogP contribution in [-0.4, -0.2) is 23.7 Å². The largest absolute Gasteiger partial charge is 0.452 e. The number of rotatable bonds is 6. The van der Waals surface area contributed by atoms with Crippen molar-refractivity contribution in [2.75, 3.05) is 11.1 Å². The SMILES string of the molecule is C[C@@H](OC(=O)CSc1ccccc1)C(=O)Nc1ccccc1. The quantitative estimate of drug-likeness (QED) is 0.656. The summed E-state index contributed by atoms with van der Waals surface area (Å²) in [5.41, 5.74) is 0.675. The topological polar surface area (TPSA) is 55.4 Å². The second-order valence-electron chi connectivity index (χ2n) is 4.59.